The third-order valence-electron chi connectivity index (χ3n) is 4.64. The Morgan fingerprint density at radius 3 is 2.56 bits per heavy atom. The number of fused-ring (bicyclic) bond motifs is 1. The smallest absolute Gasteiger partial charge is 0.205 e. The van der Waals surface area contributed by atoms with Crippen molar-refractivity contribution in [1.29, 1.82) is 0 Å². The molecule has 3 aromatic carbocycles. The Bertz CT molecular complexity index is 1190. The molecule has 0 aliphatic heterocycles. The van der Waals surface area contributed by atoms with Gasteiger partial charge in [0.15, 0.2) is 0 Å². The summed E-state index contributed by atoms with van der Waals surface area (Å²) in [5.41, 5.74) is 6.42. The van der Waals surface area contributed by atoms with Gasteiger partial charge in [0.1, 0.15) is 0 Å². The Labute approximate surface area is 155 Å². The molecule has 0 aliphatic rings. The lowest BCUT2D eigenvalue weighted by atomic mass is 9.97. The van der Waals surface area contributed by atoms with E-state index in [9.17, 15) is 0 Å². The number of para-hydroxylation sites is 2. The topological polar surface area (TPSA) is 72.3 Å². The maximum atomic E-state index is 4.48. The van der Waals surface area contributed by atoms with Gasteiger partial charge in [-0.1, -0.05) is 54.6 Å². The highest BCUT2D eigenvalue weighted by Gasteiger charge is 2.13. The summed E-state index contributed by atoms with van der Waals surface area (Å²) < 4.78 is 2.15. The molecule has 0 amide bonds. The van der Waals surface area contributed by atoms with E-state index in [0.29, 0.717) is 5.82 Å². The molecule has 0 saturated heterocycles. The van der Waals surface area contributed by atoms with Gasteiger partial charge < -0.3 is 4.57 Å². The molecular weight excluding hydrogens is 336 g/mol. The number of imidazole rings is 1. The van der Waals surface area contributed by atoms with Gasteiger partial charge in [0.2, 0.25) is 5.82 Å². The second-order valence-electron chi connectivity index (χ2n) is 6.34. The fraction of sp³-hybridized carbons (Fsp3) is 0.0476. The van der Waals surface area contributed by atoms with Crippen LogP contribution in [-0.2, 0) is 6.54 Å². The van der Waals surface area contributed by atoms with Gasteiger partial charge in [-0.25, -0.2) is 4.98 Å². The normalized spacial score (nSPS) is 11.1. The molecule has 5 rings (SSSR count). The van der Waals surface area contributed by atoms with Gasteiger partial charge in [-0.3, -0.25) is 0 Å². The van der Waals surface area contributed by atoms with Crippen LogP contribution in [0.1, 0.15) is 5.56 Å². The highest BCUT2D eigenvalue weighted by molar-refractivity contribution is 5.81. The van der Waals surface area contributed by atoms with E-state index < -0.39 is 0 Å². The highest BCUT2D eigenvalue weighted by atomic mass is 15.5. The Morgan fingerprint density at radius 2 is 1.70 bits per heavy atom. The predicted molar refractivity (Wildman–Crippen MR) is 104 cm³/mol. The van der Waals surface area contributed by atoms with Crippen LogP contribution in [0, 0.1) is 0 Å². The van der Waals surface area contributed by atoms with Crippen molar-refractivity contribution in [1.82, 2.24) is 30.2 Å². The van der Waals surface area contributed by atoms with Gasteiger partial charge in [-0.2, -0.15) is 5.21 Å². The van der Waals surface area contributed by atoms with Crippen LogP contribution in [0.2, 0.25) is 0 Å². The first-order valence-electron chi connectivity index (χ1n) is 8.70. The number of hydrogen-bond donors (Lipinski definition) is 1. The van der Waals surface area contributed by atoms with E-state index in [1.807, 2.05) is 42.7 Å². The van der Waals surface area contributed by atoms with Crippen LogP contribution >= 0.6 is 0 Å². The number of nitrogens with zero attached hydrogens (tertiary/aromatic N) is 5. The Kier molecular flexibility index (Phi) is 3.72. The fourth-order valence-corrected chi connectivity index (χ4v) is 3.35. The summed E-state index contributed by atoms with van der Waals surface area (Å²) in [6.45, 7) is 0.723. The van der Waals surface area contributed by atoms with E-state index >= 15 is 0 Å². The van der Waals surface area contributed by atoms with E-state index in [0.717, 1.165) is 39.8 Å². The molecule has 6 nitrogen and oxygen atoms in total. The lowest BCUT2D eigenvalue weighted by Crippen LogP contribution is -1.99. The van der Waals surface area contributed by atoms with Crippen molar-refractivity contribution in [2.24, 2.45) is 0 Å². The van der Waals surface area contributed by atoms with Crippen LogP contribution in [0.25, 0.3) is 33.5 Å². The first-order valence-corrected chi connectivity index (χ1v) is 8.70. The molecule has 2 heterocycles. The SMILES string of the molecule is c1ccc(-c2ccc(Cn3cnc4ccccc43)cc2-c2nn[nH]n2)cc1. The highest BCUT2D eigenvalue weighted by Crippen LogP contribution is 2.31. The van der Waals surface area contributed by atoms with Gasteiger partial charge in [0.05, 0.1) is 17.4 Å². The van der Waals surface area contributed by atoms with Crippen molar-refractivity contribution < 1.29 is 0 Å². The van der Waals surface area contributed by atoms with Crippen molar-refractivity contribution >= 4 is 11.0 Å². The summed E-state index contributed by atoms with van der Waals surface area (Å²) in [7, 11) is 0. The number of H-pyrrole nitrogens is 1. The third kappa shape index (κ3) is 2.87. The largest absolute Gasteiger partial charge is 0.326 e. The molecule has 0 spiro atoms. The zero-order valence-corrected chi connectivity index (χ0v) is 14.4. The molecule has 2 aromatic heterocycles. The first-order chi connectivity index (χ1) is 13.4. The Morgan fingerprint density at radius 1 is 0.852 bits per heavy atom. The molecule has 27 heavy (non-hydrogen) atoms. The maximum Gasteiger partial charge on any atom is 0.205 e. The van der Waals surface area contributed by atoms with Crippen LogP contribution in [0.3, 0.4) is 0 Å². The molecular formula is C21H16N6. The summed E-state index contributed by atoms with van der Waals surface area (Å²) in [6, 6.07) is 24.8. The molecule has 0 aliphatic carbocycles. The number of rotatable bonds is 4. The summed E-state index contributed by atoms with van der Waals surface area (Å²) in [4.78, 5) is 4.48. The van der Waals surface area contributed by atoms with Gasteiger partial charge in [-0.15, -0.1) is 10.2 Å². The monoisotopic (exact) mass is 352 g/mol. The molecule has 130 valence electrons. The van der Waals surface area contributed by atoms with E-state index in [-0.39, 0.29) is 0 Å². The number of aromatic amines is 1. The van der Waals surface area contributed by atoms with Crippen LogP contribution in [0.15, 0.2) is 79.1 Å². The van der Waals surface area contributed by atoms with E-state index in [2.05, 4.69) is 66.6 Å². The molecule has 0 unspecified atom stereocenters. The van der Waals surface area contributed by atoms with Gasteiger partial charge in [-0.05, 0) is 40.1 Å². The van der Waals surface area contributed by atoms with Gasteiger partial charge in [0.25, 0.3) is 0 Å². The fourth-order valence-electron chi connectivity index (χ4n) is 3.35. The second-order valence-corrected chi connectivity index (χ2v) is 6.34. The predicted octanol–water partition coefficient (Wildman–Crippen LogP) is 3.93. The van der Waals surface area contributed by atoms with E-state index in [4.69, 9.17) is 0 Å². The molecule has 0 saturated carbocycles. The van der Waals surface area contributed by atoms with E-state index in [1.165, 1.54) is 0 Å². The van der Waals surface area contributed by atoms with Crippen molar-refractivity contribution in [2.45, 2.75) is 6.54 Å². The minimum Gasteiger partial charge on any atom is -0.326 e. The quantitative estimate of drug-likeness (QED) is 0.532. The molecule has 1 N–H and O–H groups in total. The lowest BCUT2D eigenvalue weighted by molar-refractivity contribution is 0.825. The van der Waals surface area contributed by atoms with Crippen molar-refractivity contribution in [3.8, 4) is 22.5 Å². The van der Waals surface area contributed by atoms with Crippen molar-refractivity contribution in [3.63, 3.8) is 0 Å². The summed E-state index contributed by atoms with van der Waals surface area (Å²) in [5.74, 6) is 0.589. The molecule has 0 bridgehead atoms. The zero-order chi connectivity index (χ0) is 18.1. The third-order valence-corrected chi connectivity index (χ3v) is 4.64. The first kappa shape index (κ1) is 15.5. The number of tetrazole rings is 1. The molecule has 0 fully saturated rings. The Balaban J connectivity index is 1.59. The molecule has 6 heteroatoms. The maximum absolute atomic E-state index is 4.48. The standard InChI is InChI=1S/C21H16N6/c1-2-6-16(7-3-1)17-11-10-15(12-18(17)21-23-25-26-24-21)13-27-14-22-19-8-4-5-9-20(19)27/h1-12,14H,13H2,(H,23,24,25,26). The summed E-state index contributed by atoms with van der Waals surface area (Å²) >= 11 is 0. The summed E-state index contributed by atoms with van der Waals surface area (Å²) in [5, 5.41) is 14.7. The molecule has 0 atom stereocenters. The molecule has 5 aromatic rings. The second kappa shape index (κ2) is 6.49. The average Bonchev–Trinajstić information content (AvgIpc) is 3.39. The number of benzene rings is 3. The average molecular weight is 352 g/mol. The van der Waals surface area contributed by atoms with Crippen LogP contribution in [0.5, 0.6) is 0 Å². The van der Waals surface area contributed by atoms with E-state index in [1.54, 1.807) is 0 Å². The van der Waals surface area contributed by atoms with Crippen molar-refractivity contribution in [3.05, 3.63) is 84.7 Å². The minimum atomic E-state index is 0.589. The van der Waals surface area contributed by atoms with Gasteiger partial charge in [0, 0.05) is 12.1 Å². The van der Waals surface area contributed by atoms with Crippen LogP contribution in [0.4, 0.5) is 0 Å². The Hall–Kier alpha value is -3.80. The van der Waals surface area contributed by atoms with Gasteiger partial charge >= 0.3 is 0 Å². The zero-order valence-electron chi connectivity index (χ0n) is 14.4. The number of nitrogens with one attached hydrogen (secondary N) is 1. The number of aromatic nitrogens is 6. The summed E-state index contributed by atoms with van der Waals surface area (Å²) in [6.07, 6.45) is 1.88. The van der Waals surface area contributed by atoms with Crippen LogP contribution < -0.4 is 0 Å². The lowest BCUT2D eigenvalue weighted by Gasteiger charge is -2.11. The minimum absolute atomic E-state index is 0.589. The number of hydrogen-bond acceptors (Lipinski definition) is 4. The van der Waals surface area contributed by atoms with Crippen molar-refractivity contribution in [2.75, 3.05) is 0 Å². The van der Waals surface area contributed by atoms with Crippen LogP contribution in [-0.4, -0.2) is 30.2 Å². The molecule has 0 radical (unpaired) electrons.